The zero-order chi connectivity index (χ0) is 14.7. The van der Waals surface area contributed by atoms with E-state index in [0.717, 1.165) is 0 Å². The van der Waals surface area contributed by atoms with Crippen LogP contribution >= 0.6 is 11.6 Å². The van der Waals surface area contributed by atoms with E-state index in [4.69, 9.17) is 16.7 Å². The van der Waals surface area contributed by atoms with Gasteiger partial charge in [0.2, 0.25) is 0 Å². The van der Waals surface area contributed by atoms with Crippen molar-refractivity contribution in [3.05, 3.63) is 63.2 Å². The lowest BCUT2D eigenvalue weighted by Crippen LogP contribution is -2.05. The monoisotopic (exact) mass is 292 g/mol. The number of anilines is 2. The molecule has 0 saturated carbocycles. The minimum absolute atomic E-state index is 0.109. The van der Waals surface area contributed by atoms with Gasteiger partial charge in [-0.05, 0) is 36.4 Å². The van der Waals surface area contributed by atoms with Crippen molar-refractivity contribution in [1.82, 2.24) is 0 Å². The summed E-state index contributed by atoms with van der Waals surface area (Å²) in [5.74, 6) is -1.35. The molecule has 2 rings (SSSR count). The topological polar surface area (TPSA) is 92.5 Å². The number of carboxylic acids is 1. The maximum Gasteiger partial charge on any atom is 0.342 e. The molecule has 2 N–H and O–H groups in total. The van der Waals surface area contributed by atoms with Crippen LogP contribution in [0.4, 0.5) is 17.1 Å². The number of carbonyl (C=O) groups is 1. The summed E-state index contributed by atoms with van der Waals surface area (Å²) < 4.78 is 0. The summed E-state index contributed by atoms with van der Waals surface area (Å²) in [7, 11) is 0. The molecule has 0 fully saturated rings. The number of aromatic carboxylic acids is 1. The van der Waals surface area contributed by atoms with E-state index < -0.39 is 16.6 Å². The molecule has 0 amide bonds. The van der Waals surface area contributed by atoms with Crippen molar-refractivity contribution >= 4 is 34.6 Å². The summed E-state index contributed by atoms with van der Waals surface area (Å²) in [5, 5.41) is 23.4. The van der Waals surface area contributed by atoms with E-state index in [2.05, 4.69) is 5.32 Å². The molecule has 0 heterocycles. The first-order valence-electron chi connectivity index (χ1n) is 5.52. The molecule has 0 aliphatic rings. The molecule has 0 bridgehead atoms. The van der Waals surface area contributed by atoms with Crippen molar-refractivity contribution in [3.63, 3.8) is 0 Å². The molecule has 0 radical (unpaired) electrons. The molecular formula is C13H9ClN2O4. The maximum absolute atomic E-state index is 11.1. The van der Waals surface area contributed by atoms with E-state index in [9.17, 15) is 14.9 Å². The Balaban J connectivity index is 2.46. The van der Waals surface area contributed by atoms with Gasteiger partial charge in [-0.15, -0.1) is 0 Å². The highest BCUT2D eigenvalue weighted by molar-refractivity contribution is 6.30. The Morgan fingerprint density at radius 3 is 2.40 bits per heavy atom. The lowest BCUT2D eigenvalue weighted by molar-refractivity contribution is -0.384. The van der Waals surface area contributed by atoms with Gasteiger partial charge >= 0.3 is 11.7 Å². The van der Waals surface area contributed by atoms with Gasteiger partial charge in [0.15, 0.2) is 0 Å². The number of nitrogens with one attached hydrogen (secondary N) is 1. The smallest absolute Gasteiger partial charge is 0.342 e. The van der Waals surface area contributed by atoms with Crippen LogP contribution in [0.3, 0.4) is 0 Å². The largest absolute Gasteiger partial charge is 0.477 e. The van der Waals surface area contributed by atoms with Crippen LogP contribution < -0.4 is 5.32 Å². The summed E-state index contributed by atoms with van der Waals surface area (Å²) >= 11 is 5.75. The van der Waals surface area contributed by atoms with Gasteiger partial charge in [-0.1, -0.05) is 17.7 Å². The predicted molar refractivity (Wildman–Crippen MR) is 74.8 cm³/mol. The van der Waals surface area contributed by atoms with Crippen molar-refractivity contribution in [2.24, 2.45) is 0 Å². The molecule has 0 atom stereocenters. The fourth-order valence-corrected chi connectivity index (χ4v) is 1.83. The van der Waals surface area contributed by atoms with E-state index in [1.807, 2.05) is 0 Å². The number of hydrogen-bond acceptors (Lipinski definition) is 4. The van der Waals surface area contributed by atoms with Crippen LogP contribution in [0.1, 0.15) is 10.4 Å². The third kappa shape index (κ3) is 2.86. The minimum atomic E-state index is -1.35. The summed E-state index contributed by atoms with van der Waals surface area (Å²) in [6.45, 7) is 0. The SMILES string of the molecule is O=C(O)c1cccc(Nc2ccc(Cl)cc2)c1[N+](=O)[O-]. The van der Waals surface area contributed by atoms with Gasteiger partial charge in [0.05, 0.1) is 4.92 Å². The second-order valence-corrected chi connectivity index (χ2v) is 4.33. The molecule has 7 heteroatoms. The van der Waals surface area contributed by atoms with Crippen LogP contribution in [-0.2, 0) is 0 Å². The average Bonchev–Trinajstić information content (AvgIpc) is 2.40. The third-order valence-electron chi connectivity index (χ3n) is 2.57. The first-order chi connectivity index (χ1) is 9.49. The third-order valence-corrected chi connectivity index (χ3v) is 2.82. The Kier molecular flexibility index (Phi) is 3.86. The zero-order valence-corrected chi connectivity index (χ0v) is 10.8. The number of halogens is 1. The zero-order valence-electron chi connectivity index (χ0n) is 10.0. The van der Waals surface area contributed by atoms with Crippen LogP contribution in [0, 0.1) is 10.1 Å². The molecular weight excluding hydrogens is 284 g/mol. The van der Waals surface area contributed by atoms with Crippen LogP contribution in [0.15, 0.2) is 42.5 Å². The number of nitro benzene ring substituents is 1. The van der Waals surface area contributed by atoms with Gasteiger partial charge < -0.3 is 10.4 Å². The normalized spacial score (nSPS) is 10.1. The highest BCUT2D eigenvalue weighted by Gasteiger charge is 2.24. The van der Waals surface area contributed by atoms with Gasteiger partial charge in [-0.25, -0.2) is 4.79 Å². The highest BCUT2D eigenvalue weighted by Crippen LogP contribution is 2.31. The van der Waals surface area contributed by atoms with E-state index in [1.54, 1.807) is 24.3 Å². The fourth-order valence-electron chi connectivity index (χ4n) is 1.70. The number of rotatable bonds is 4. The van der Waals surface area contributed by atoms with Gasteiger partial charge in [-0.3, -0.25) is 10.1 Å². The molecule has 0 aromatic heterocycles. The number of para-hydroxylation sites is 1. The quantitative estimate of drug-likeness (QED) is 0.662. The molecule has 0 spiro atoms. The Hall–Kier alpha value is -2.60. The van der Waals surface area contributed by atoms with Gasteiger partial charge in [0, 0.05) is 10.7 Å². The molecule has 0 aliphatic heterocycles. The van der Waals surface area contributed by atoms with Crippen LogP contribution in [-0.4, -0.2) is 16.0 Å². The van der Waals surface area contributed by atoms with Crippen molar-refractivity contribution < 1.29 is 14.8 Å². The van der Waals surface area contributed by atoms with Crippen molar-refractivity contribution in [2.45, 2.75) is 0 Å². The summed E-state index contributed by atoms with van der Waals surface area (Å²) in [6, 6.07) is 10.6. The van der Waals surface area contributed by atoms with Crippen LogP contribution in [0.25, 0.3) is 0 Å². The molecule has 0 unspecified atom stereocenters. The van der Waals surface area contributed by atoms with Crippen molar-refractivity contribution in [2.75, 3.05) is 5.32 Å². The number of hydrogen-bond donors (Lipinski definition) is 2. The van der Waals surface area contributed by atoms with Crippen molar-refractivity contribution in [3.8, 4) is 0 Å². The fraction of sp³-hybridized carbons (Fsp3) is 0. The molecule has 2 aromatic rings. The standard InChI is InChI=1S/C13H9ClN2O4/c14-8-4-6-9(7-5-8)15-11-3-1-2-10(13(17)18)12(11)16(19)20/h1-7,15H,(H,17,18). The van der Waals surface area contributed by atoms with Gasteiger partial charge in [0.1, 0.15) is 11.3 Å². The summed E-state index contributed by atoms with van der Waals surface area (Å²) in [4.78, 5) is 21.4. The predicted octanol–water partition coefficient (Wildman–Crippen LogP) is 3.69. The first kappa shape index (κ1) is 13.8. The average molecular weight is 293 g/mol. The molecule has 2 aromatic carbocycles. The number of nitrogens with zero attached hydrogens (tertiary/aromatic N) is 1. The Morgan fingerprint density at radius 2 is 1.85 bits per heavy atom. The second kappa shape index (κ2) is 5.58. The minimum Gasteiger partial charge on any atom is -0.477 e. The van der Waals surface area contributed by atoms with E-state index in [1.165, 1.54) is 18.2 Å². The Labute approximate surface area is 118 Å². The van der Waals surface area contributed by atoms with Crippen LogP contribution in [0.2, 0.25) is 5.02 Å². The van der Waals surface area contributed by atoms with E-state index >= 15 is 0 Å². The van der Waals surface area contributed by atoms with E-state index in [-0.39, 0.29) is 11.3 Å². The summed E-state index contributed by atoms with van der Waals surface area (Å²) in [6.07, 6.45) is 0. The van der Waals surface area contributed by atoms with Gasteiger partial charge in [0.25, 0.3) is 0 Å². The van der Waals surface area contributed by atoms with Crippen molar-refractivity contribution in [1.29, 1.82) is 0 Å². The number of carboxylic acid groups (broad SMARTS) is 1. The summed E-state index contributed by atoms with van der Waals surface area (Å²) in [5.41, 5.74) is -0.166. The Morgan fingerprint density at radius 1 is 1.20 bits per heavy atom. The molecule has 20 heavy (non-hydrogen) atoms. The molecule has 0 aliphatic carbocycles. The van der Waals surface area contributed by atoms with Gasteiger partial charge in [-0.2, -0.15) is 0 Å². The maximum atomic E-state index is 11.1. The molecule has 102 valence electrons. The highest BCUT2D eigenvalue weighted by atomic mass is 35.5. The Bertz CT molecular complexity index is 671. The lowest BCUT2D eigenvalue weighted by atomic mass is 10.1. The number of nitro groups is 1. The molecule has 6 nitrogen and oxygen atoms in total. The number of benzene rings is 2. The van der Waals surface area contributed by atoms with E-state index in [0.29, 0.717) is 10.7 Å². The molecule has 0 saturated heterocycles. The lowest BCUT2D eigenvalue weighted by Gasteiger charge is -2.08. The second-order valence-electron chi connectivity index (χ2n) is 3.90. The van der Waals surface area contributed by atoms with Crippen LogP contribution in [0.5, 0.6) is 0 Å². The first-order valence-corrected chi connectivity index (χ1v) is 5.90.